The molecule has 3 amide bonds. The number of benzene rings is 1. The Hall–Kier alpha value is -2.90. The minimum atomic E-state index is -1.28. The van der Waals surface area contributed by atoms with Crippen molar-refractivity contribution in [2.24, 2.45) is 0 Å². The predicted molar refractivity (Wildman–Crippen MR) is 62.7 cm³/mol. The molecule has 0 aliphatic carbocycles. The third-order valence-corrected chi connectivity index (χ3v) is 1.93. The summed E-state index contributed by atoms with van der Waals surface area (Å²) in [7, 11) is 0. The molecular weight excluding hydrogens is 254 g/mol. The van der Waals surface area contributed by atoms with E-state index in [4.69, 9.17) is 5.11 Å². The van der Waals surface area contributed by atoms with Gasteiger partial charge in [-0.3, -0.25) is 30.0 Å². The largest absolute Gasteiger partial charge is 0.480 e. The van der Waals surface area contributed by atoms with Crippen LogP contribution in [-0.4, -0.2) is 35.3 Å². The molecule has 0 radical (unpaired) electrons. The summed E-state index contributed by atoms with van der Waals surface area (Å²) in [6.07, 6.45) is 0. The van der Waals surface area contributed by atoms with Crippen LogP contribution in [0, 0.1) is 0 Å². The maximum Gasteiger partial charge on any atom is 0.327 e. The van der Waals surface area contributed by atoms with Crippen molar-refractivity contribution < 1.29 is 24.3 Å². The number of carbonyl (C=O) groups excluding carboxylic acids is 3. The highest BCUT2D eigenvalue weighted by atomic mass is 16.4. The van der Waals surface area contributed by atoms with Crippen LogP contribution in [0.25, 0.3) is 0 Å². The molecule has 0 saturated carbocycles. The second-order valence-electron chi connectivity index (χ2n) is 3.35. The van der Waals surface area contributed by atoms with Crippen molar-refractivity contribution in [2.75, 3.05) is 6.54 Å². The molecule has 0 aliphatic heterocycles. The molecule has 19 heavy (non-hydrogen) atoms. The van der Waals surface area contributed by atoms with Crippen LogP contribution in [0.4, 0.5) is 0 Å². The number of hydrogen-bond donors (Lipinski definition) is 4. The van der Waals surface area contributed by atoms with Crippen LogP contribution in [-0.2, 0) is 14.4 Å². The van der Waals surface area contributed by atoms with Crippen molar-refractivity contribution in [3.63, 3.8) is 0 Å². The SMILES string of the molecule is O=C(O)CNC(=O)C(=O)NNC(=O)c1ccccc1. The molecule has 0 spiro atoms. The zero-order valence-corrected chi connectivity index (χ0v) is 9.67. The molecule has 1 aromatic rings. The van der Waals surface area contributed by atoms with Crippen LogP contribution in [0.1, 0.15) is 10.4 Å². The molecule has 4 N–H and O–H groups in total. The lowest BCUT2D eigenvalue weighted by molar-refractivity contribution is -0.142. The third kappa shape index (κ3) is 4.86. The minimum Gasteiger partial charge on any atom is -0.480 e. The molecule has 0 unspecified atom stereocenters. The van der Waals surface area contributed by atoms with E-state index in [0.29, 0.717) is 5.56 Å². The molecule has 0 atom stereocenters. The number of rotatable bonds is 3. The first-order valence-electron chi connectivity index (χ1n) is 5.16. The van der Waals surface area contributed by atoms with Gasteiger partial charge in [0, 0.05) is 5.56 Å². The van der Waals surface area contributed by atoms with Gasteiger partial charge in [-0.05, 0) is 12.1 Å². The predicted octanol–water partition coefficient (Wildman–Crippen LogP) is -1.35. The van der Waals surface area contributed by atoms with Gasteiger partial charge >= 0.3 is 17.8 Å². The van der Waals surface area contributed by atoms with Crippen molar-refractivity contribution in [1.29, 1.82) is 0 Å². The summed E-state index contributed by atoms with van der Waals surface area (Å²) in [5.74, 6) is -4.20. The van der Waals surface area contributed by atoms with Crippen molar-refractivity contribution >= 4 is 23.7 Å². The summed E-state index contributed by atoms with van der Waals surface area (Å²) >= 11 is 0. The second kappa shape index (κ2) is 6.74. The average Bonchev–Trinajstić information content (AvgIpc) is 2.42. The van der Waals surface area contributed by atoms with Gasteiger partial charge in [-0.15, -0.1) is 0 Å². The van der Waals surface area contributed by atoms with Crippen LogP contribution in [0.15, 0.2) is 30.3 Å². The molecular formula is C11H11N3O5. The molecule has 1 rings (SSSR count). The number of carbonyl (C=O) groups is 4. The minimum absolute atomic E-state index is 0.300. The van der Waals surface area contributed by atoms with Gasteiger partial charge in [-0.1, -0.05) is 18.2 Å². The van der Waals surface area contributed by atoms with E-state index >= 15 is 0 Å². The van der Waals surface area contributed by atoms with Gasteiger partial charge in [0.1, 0.15) is 6.54 Å². The molecule has 0 heterocycles. The average molecular weight is 265 g/mol. The van der Waals surface area contributed by atoms with Crippen LogP contribution in [0.5, 0.6) is 0 Å². The van der Waals surface area contributed by atoms with Gasteiger partial charge < -0.3 is 10.4 Å². The normalized spacial score (nSPS) is 9.26. The molecule has 0 bridgehead atoms. The van der Waals surface area contributed by atoms with E-state index in [2.05, 4.69) is 0 Å². The summed E-state index contributed by atoms with van der Waals surface area (Å²) in [5, 5.41) is 10.1. The summed E-state index contributed by atoms with van der Waals surface area (Å²) in [5.41, 5.74) is 4.18. The quantitative estimate of drug-likeness (QED) is 0.397. The summed E-state index contributed by atoms with van der Waals surface area (Å²) in [4.78, 5) is 43.9. The highest BCUT2D eigenvalue weighted by Crippen LogP contribution is 1.96. The zero-order valence-electron chi connectivity index (χ0n) is 9.67. The Labute approximate surface area is 107 Å². The highest BCUT2D eigenvalue weighted by Gasteiger charge is 2.15. The monoisotopic (exact) mass is 265 g/mol. The summed E-state index contributed by atoms with van der Waals surface area (Å²) in [6.45, 7) is -0.682. The van der Waals surface area contributed by atoms with Crippen LogP contribution in [0.2, 0.25) is 0 Å². The first-order chi connectivity index (χ1) is 9.00. The number of hydrogen-bond acceptors (Lipinski definition) is 4. The van der Waals surface area contributed by atoms with Gasteiger partial charge in [0.2, 0.25) is 0 Å². The number of aliphatic carboxylic acids is 1. The molecule has 0 aliphatic rings. The number of amides is 3. The van der Waals surface area contributed by atoms with Crippen molar-refractivity contribution in [2.45, 2.75) is 0 Å². The van der Waals surface area contributed by atoms with Crippen molar-refractivity contribution in [3.8, 4) is 0 Å². The molecule has 100 valence electrons. The highest BCUT2D eigenvalue weighted by molar-refractivity contribution is 6.35. The Morgan fingerprint density at radius 1 is 0.947 bits per heavy atom. The topological polar surface area (TPSA) is 125 Å². The Morgan fingerprint density at radius 3 is 2.16 bits per heavy atom. The van der Waals surface area contributed by atoms with E-state index < -0.39 is 30.2 Å². The molecule has 0 saturated heterocycles. The van der Waals surface area contributed by atoms with Crippen LogP contribution in [0.3, 0.4) is 0 Å². The standard InChI is InChI=1S/C11H11N3O5/c15-8(16)6-12-10(18)11(19)14-13-9(17)7-4-2-1-3-5-7/h1-5H,6H2,(H,12,18)(H,13,17)(H,14,19)(H,15,16). The number of hydrazine groups is 1. The lowest BCUT2D eigenvalue weighted by Crippen LogP contribution is -2.49. The fourth-order valence-corrected chi connectivity index (χ4v) is 1.07. The smallest absolute Gasteiger partial charge is 0.327 e. The van der Waals surface area contributed by atoms with Gasteiger partial charge in [0.25, 0.3) is 5.91 Å². The molecule has 8 nitrogen and oxygen atoms in total. The molecule has 0 fully saturated rings. The number of carboxylic acid groups (broad SMARTS) is 1. The van der Waals surface area contributed by atoms with E-state index in [9.17, 15) is 19.2 Å². The Kier molecular flexibility index (Phi) is 5.03. The molecule has 1 aromatic carbocycles. The van der Waals surface area contributed by atoms with Crippen molar-refractivity contribution in [1.82, 2.24) is 16.2 Å². The van der Waals surface area contributed by atoms with E-state index in [1.54, 1.807) is 18.2 Å². The number of carboxylic acids is 1. The maximum atomic E-state index is 11.5. The van der Waals surface area contributed by atoms with Crippen LogP contribution < -0.4 is 16.2 Å². The first kappa shape index (κ1) is 14.2. The Bertz CT molecular complexity index is 500. The number of nitrogens with one attached hydrogen (secondary N) is 3. The first-order valence-corrected chi connectivity index (χ1v) is 5.16. The van der Waals surface area contributed by atoms with E-state index in [1.165, 1.54) is 12.1 Å². The van der Waals surface area contributed by atoms with E-state index in [1.807, 2.05) is 16.2 Å². The van der Waals surface area contributed by atoms with Crippen molar-refractivity contribution in [3.05, 3.63) is 35.9 Å². The zero-order chi connectivity index (χ0) is 14.3. The Morgan fingerprint density at radius 2 is 1.58 bits per heavy atom. The van der Waals surface area contributed by atoms with Crippen LogP contribution >= 0.6 is 0 Å². The lowest BCUT2D eigenvalue weighted by Gasteiger charge is -2.06. The third-order valence-electron chi connectivity index (χ3n) is 1.93. The van der Waals surface area contributed by atoms with Gasteiger partial charge in [0.15, 0.2) is 0 Å². The molecule has 8 heteroatoms. The Balaban J connectivity index is 2.40. The summed E-state index contributed by atoms with van der Waals surface area (Å²) in [6, 6.07) is 8.03. The fraction of sp³-hybridized carbons (Fsp3) is 0.0909. The fourth-order valence-electron chi connectivity index (χ4n) is 1.07. The van der Waals surface area contributed by atoms with Gasteiger partial charge in [-0.2, -0.15) is 0 Å². The lowest BCUT2D eigenvalue weighted by atomic mass is 10.2. The van der Waals surface area contributed by atoms with Gasteiger partial charge in [0.05, 0.1) is 0 Å². The summed E-state index contributed by atoms with van der Waals surface area (Å²) < 4.78 is 0. The van der Waals surface area contributed by atoms with E-state index in [0.717, 1.165) is 0 Å². The van der Waals surface area contributed by atoms with Gasteiger partial charge in [-0.25, -0.2) is 0 Å². The second-order valence-corrected chi connectivity index (χ2v) is 3.35. The maximum absolute atomic E-state index is 11.5. The van der Waals surface area contributed by atoms with E-state index in [-0.39, 0.29) is 0 Å². The molecule has 0 aromatic heterocycles.